The Labute approximate surface area is 198 Å². The van der Waals surface area contributed by atoms with Crippen molar-refractivity contribution in [2.45, 2.75) is 77.9 Å². The van der Waals surface area contributed by atoms with Gasteiger partial charge in [0.25, 0.3) is 0 Å². The van der Waals surface area contributed by atoms with Crippen LogP contribution in [0.25, 0.3) is 0 Å². The lowest BCUT2D eigenvalue weighted by Crippen LogP contribution is -2.41. The van der Waals surface area contributed by atoms with E-state index in [2.05, 4.69) is 66.1 Å². The number of aromatic amines is 1. The van der Waals surface area contributed by atoms with Crippen LogP contribution in [0.15, 0.2) is 24.4 Å². The summed E-state index contributed by atoms with van der Waals surface area (Å²) in [7, 11) is 3.19. The number of benzene rings is 1. The zero-order valence-corrected chi connectivity index (χ0v) is 21.0. The molecular weight excluding hydrogens is 416 g/mol. The van der Waals surface area contributed by atoms with E-state index in [0.717, 1.165) is 44.3 Å². The molecule has 1 aromatic heterocycles. The number of ether oxygens (including phenoxy) is 2. The van der Waals surface area contributed by atoms with Crippen LogP contribution in [0, 0.1) is 5.92 Å². The molecule has 1 fully saturated rings. The van der Waals surface area contributed by atoms with Gasteiger partial charge in [-0.1, -0.05) is 33.8 Å². The van der Waals surface area contributed by atoms with E-state index in [1.54, 1.807) is 0 Å². The molecule has 2 N–H and O–H groups in total. The number of hydrogen-bond acceptors (Lipinski definition) is 6. The van der Waals surface area contributed by atoms with Gasteiger partial charge >= 0.3 is 5.97 Å². The van der Waals surface area contributed by atoms with E-state index in [4.69, 9.17) is 9.47 Å². The normalized spacial score (nSPS) is 19.4. The molecule has 1 aliphatic rings. The van der Waals surface area contributed by atoms with Gasteiger partial charge in [-0.3, -0.25) is 0 Å². The van der Waals surface area contributed by atoms with Crippen molar-refractivity contribution >= 4 is 23.3 Å². The second-order valence-electron chi connectivity index (χ2n) is 9.56. The summed E-state index contributed by atoms with van der Waals surface area (Å²) in [6, 6.07) is 7.21. The summed E-state index contributed by atoms with van der Waals surface area (Å²) in [5.74, 6) is 1.09. The summed E-state index contributed by atoms with van der Waals surface area (Å²) in [5.41, 5.74) is 3.80. The quantitative estimate of drug-likeness (QED) is 0.435. The first-order valence-electron chi connectivity index (χ1n) is 12.2. The highest BCUT2D eigenvalue weighted by atomic mass is 16.5. The summed E-state index contributed by atoms with van der Waals surface area (Å²) >= 11 is 0. The monoisotopic (exact) mass is 456 g/mol. The molecule has 0 saturated heterocycles. The van der Waals surface area contributed by atoms with Crippen LogP contribution in [-0.4, -0.2) is 48.8 Å². The van der Waals surface area contributed by atoms with Crippen molar-refractivity contribution in [2.24, 2.45) is 5.92 Å². The van der Waals surface area contributed by atoms with Gasteiger partial charge in [0.1, 0.15) is 5.69 Å². The van der Waals surface area contributed by atoms with Crippen LogP contribution in [0.2, 0.25) is 0 Å². The number of hydrogen-bond donors (Lipinski definition) is 2. The SMILES string of the molecule is CC[C@@H](C)c1ccc(N(CC(C)C)C2CCC(OC)CC2)c(Nc2ncc(C(=O)OC)[nH]2)c1. The maximum Gasteiger partial charge on any atom is 0.356 e. The van der Waals surface area contributed by atoms with E-state index in [1.165, 1.54) is 24.6 Å². The Bertz CT molecular complexity index is 903. The zero-order valence-electron chi connectivity index (χ0n) is 21.0. The zero-order chi connectivity index (χ0) is 24.0. The van der Waals surface area contributed by atoms with Crippen molar-refractivity contribution in [2.75, 3.05) is 31.0 Å². The molecule has 1 atom stereocenters. The van der Waals surface area contributed by atoms with Gasteiger partial charge in [0.15, 0.2) is 0 Å². The maximum atomic E-state index is 11.9. The first kappa shape index (κ1) is 25.1. The van der Waals surface area contributed by atoms with Crippen molar-refractivity contribution in [3.05, 3.63) is 35.7 Å². The lowest BCUT2D eigenvalue weighted by molar-refractivity contribution is 0.0594. The van der Waals surface area contributed by atoms with Gasteiger partial charge in [-0.15, -0.1) is 0 Å². The molecule has 1 aromatic carbocycles. The Morgan fingerprint density at radius 1 is 1.21 bits per heavy atom. The first-order chi connectivity index (χ1) is 15.9. The van der Waals surface area contributed by atoms with Crippen LogP contribution in [-0.2, 0) is 9.47 Å². The average molecular weight is 457 g/mol. The van der Waals surface area contributed by atoms with Gasteiger partial charge in [-0.05, 0) is 61.6 Å². The third-order valence-electron chi connectivity index (χ3n) is 6.73. The van der Waals surface area contributed by atoms with Gasteiger partial charge in [-0.25, -0.2) is 9.78 Å². The molecule has 3 rings (SSSR count). The number of imidazole rings is 1. The van der Waals surface area contributed by atoms with Gasteiger partial charge in [-0.2, -0.15) is 0 Å². The van der Waals surface area contributed by atoms with E-state index in [-0.39, 0.29) is 0 Å². The number of anilines is 3. The summed E-state index contributed by atoms with van der Waals surface area (Å²) < 4.78 is 10.4. The third-order valence-corrected chi connectivity index (χ3v) is 6.73. The summed E-state index contributed by atoms with van der Waals surface area (Å²) in [6.07, 6.45) is 7.35. The smallest absolute Gasteiger partial charge is 0.356 e. The molecular formula is C26H40N4O3. The molecule has 0 spiro atoms. The van der Waals surface area contributed by atoms with Crippen LogP contribution in [0.3, 0.4) is 0 Å². The number of methoxy groups -OCH3 is 2. The number of carbonyl (C=O) groups excluding carboxylic acids is 1. The van der Waals surface area contributed by atoms with Crippen molar-refractivity contribution in [1.82, 2.24) is 9.97 Å². The molecule has 7 heteroatoms. The van der Waals surface area contributed by atoms with Crippen LogP contribution in [0.4, 0.5) is 17.3 Å². The Hall–Kier alpha value is -2.54. The molecule has 0 amide bonds. The second-order valence-corrected chi connectivity index (χ2v) is 9.56. The molecule has 2 aromatic rings. The van der Waals surface area contributed by atoms with E-state index >= 15 is 0 Å². The predicted molar refractivity (Wildman–Crippen MR) is 134 cm³/mol. The summed E-state index contributed by atoms with van der Waals surface area (Å²) in [6.45, 7) is 9.97. The number of rotatable bonds is 10. The fourth-order valence-electron chi connectivity index (χ4n) is 4.60. The molecule has 7 nitrogen and oxygen atoms in total. The first-order valence-corrected chi connectivity index (χ1v) is 12.2. The van der Waals surface area contributed by atoms with Crippen LogP contribution >= 0.6 is 0 Å². The largest absolute Gasteiger partial charge is 0.464 e. The fraction of sp³-hybridized carbons (Fsp3) is 0.615. The summed E-state index contributed by atoms with van der Waals surface area (Å²) in [4.78, 5) is 21.8. The van der Waals surface area contributed by atoms with Crippen molar-refractivity contribution in [1.29, 1.82) is 0 Å². The van der Waals surface area contributed by atoms with Crippen LogP contribution in [0.1, 0.15) is 81.8 Å². The minimum Gasteiger partial charge on any atom is -0.464 e. The molecule has 0 unspecified atom stereocenters. The number of nitrogens with one attached hydrogen (secondary N) is 2. The number of esters is 1. The van der Waals surface area contributed by atoms with Gasteiger partial charge in [0.2, 0.25) is 5.95 Å². The van der Waals surface area contributed by atoms with Crippen molar-refractivity contribution < 1.29 is 14.3 Å². The third kappa shape index (κ3) is 6.28. The van der Waals surface area contributed by atoms with Gasteiger partial charge < -0.3 is 24.7 Å². The average Bonchev–Trinajstić information content (AvgIpc) is 3.30. The summed E-state index contributed by atoms with van der Waals surface area (Å²) in [5, 5.41) is 3.46. The van der Waals surface area contributed by atoms with Crippen molar-refractivity contribution in [3.8, 4) is 0 Å². The molecule has 1 aliphatic carbocycles. The molecule has 33 heavy (non-hydrogen) atoms. The Balaban J connectivity index is 1.96. The molecule has 182 valence electrons. The second kappa shape index (κ2) is 11.5. The van der Waals surface area contributed by atoms with E-state index < -0.39 is 5.97 Å². The molecule has 0 bridgehead atoms. The molecule has 0 aliphatic heterocycles. The van der Waals surface area contributed by atoms with Crippen LogP contribution < -0.4 is 10.2 Å². The highest BCUT2D eigenvalue weighted by Gasteiger charge is 2.28. The molecule has 1 saturated carbocycles. The molecule has 1 heterocycles. The number of aromatic nitrogens is 2. The lowest BCUT2D eigenvalue weighted by atomic mass is 9.90. The van der Waals surface area contributed by atoms with E-state index in [1.807, 2.05) is 7.11 Å². The fourth-order valence-corrected chi connectivity index (χ4v) is 4.60. The van der Waals surface area contributed by atoms with Gasteiger partial charge in [0.05, 0.1) is 30.8 Å². The van der Waals surface area contributed by atoms with E-state index in [9.17, 15) is 4.79 Å². The minimum atomic E-state index is -0.430. The standard InChI is InChI=1S/C26H40N4O3/c1-7-18(4)19-8-13-24(22(14-19)28-26-27-15-23(29-26)25(31)33-6)30(16-17(2)3)20-9-11-21(32-5)12-10-20/h8,13-15,17-18,20-21H,7,9-12,16H2,1-6H3,(H2,27,28,29)/t18-,20?,21?/m1/s1. The molecule has 0 radical (unpaired) electrons. The van der Waals surface area contributed by atoms with Crippen molar-refractivity contribution in [3.63, 3.8) is 0 Å². The number of H-pyrrole nitrogens is 1. The van der Waals surface area contributed by atoms with Crippen LogP contribution in [0.5, 0.6) is 0 Å². The minimum absolute atomic E-state index is 0.330. The Morgan fingerprint density at radius 2 is 1.94 bits per heavy atom. The number of carbonyl (C=O) groups is 1. The van der Waals surface area contributed by atoms with E-state index in [0.29, 0.717) is 35.6 Å². The Kier molecular flexibility index (Phi) is 8.78. The Morgan fingerprint density at radius 3 is 2.55 bits per heavy atom. The maximum absolute atomic E-state index is 11.9. The topological polar surface area (TPSA) is 79.5 Å². The highest BCUT2D eigenvalue weighted by Crippen LogP contribution is 2.37. The van der Waals surface area contributed by atoms with Gasteiger partial charge in [0, 0.05) is 19.7 Å². The number of nitrogens with zero attached hydrogens (tertiary/aromatic N) is 2. The predicted octanol–water partition coefficient (Wildman–Crippen LogP) is 5.87. The highest BCUT2D eigenvalue weighted by molar-refractivity contribution is 5.87. The lowest BCUT2D eigenvalue weighted by Gasteiger charge is -2.40.